The van der Waals surface area contributed by atoms with Crippen LogP contribution in [0, 0.1) is 0 Å². The molecule has 0 aromatic heterocycles. The number of methoxy groups -OCH3 is 2. The predicted octanol–water partition coefficient (Wildman–Crippen LogP) is 2.28. The highest BCUT2D eigenvalue weighted by Crippen LogP contribution is 2.12. The Balaban J connectivity index is 2.49. The van der Waals surface area contributed by atoms with Gasteiger partial charge in [0.15, 0.2) is 0 Å². The lowest BCUT2D eigenvalue weighted by atomic mass is 10.2. The highest BCUT2D eigenvalue weighted by atomic mass is 16.5. The lowest BCUT2D eigenvalue weighted by Gasteiger charge is -2.12. The molecule has 106 valence electrons. The summed E-state index contributed by atoms with van der Waals surface area (Å²) in [6.07, 6.45) is 3.03. The molecule has 1 aromatic rings. The van der Waals surface area contributed by atoms with Crippen molar-refractivity contribution in [2.75, 3.05) is 27.4 Å². The van der Waals surface area contributed by atoms with E-state index in [1.165, 1.54) is 0 Å². The van der Waals surface area contributed by atoms with E-state index < -0.39 is 0 Å². The van der Waals surface area contributed by atoms with Crippen molar-refractivity contribution in [3.8, 4) is 5.75 Å². The largest absolute Gasteiger partial charge is 0.497 e. The third-order valence-corrected chi connectivity index (χ3v) is 2.70. The number of aliphatic imine (C=N–C) groups is 1. The number of rotatable bonds is 9. The Bertz CT molecular complexity index is 380. The molecule has 0 amide bonds. The maximum atomic E-state index is 5.19. The summed E-state index contributed by atoms with van der Waals surface area (Å²) >= 11 is 0. The SMILES string of the molecule is CCCNC(C=NCc1cccc(OC)c1)COC. The van der Waals surface area contributed by atoms with Gasteiger partial charge in [-0.15, -0.1) is 0 Å². The van der Waals surface area contributed by atoms with Crippen LogP contribution < -0.4 is 10.1 Å². The average molecular weight is 264 g/mol. The van der Waals surface area contributed by atoms with E-state index in [9.17, 15) is 0 Å². The van der Waals surface area contributed by atoms with Crippen LogP contribution in [0.2, 0.25) is 0 Å². The first kappa shape index (κ1) is 15.7. The molecule has 0 aliphatic carbocycles. The fraction of sp³-hybridized carbons (Fsp3) is 0.533. The van der Waals surface area contributed by atoms with Crippen molar-refractivity contribution in [2.45, 2.75) is 25.9 Å². The van der Waals surface area contributed by atoms with Crippen molar-refractivity contribution in [1.29, 1.82) is 0 Å². The topological polar surface area (TPSA) is 42.9 Å². The summed E-state index contributed by atoms with van der Waals surface area (Å²) in [6.45, 7) is 4.41. The fourth-order valence-corrected chi connectivity index (χ4v) is 1.72. The van der Waals surface area contributed by atoms with E-state index in [1.54, 1.807) is 14.2 Å². The maximum absolute atomic E-state index is 5.19. The Kier molecular flexibility index (Phi) is 7.86. The van der Waals surface area contributed by atoms with Gasteiger partial charge in [-0.2, -0.15) is 0 Å². The molecule has 0 radical (unpaired) electrons. The van der Waals surface area contributed by atoms with Crippen molar-refractivity contribution in [3.63, 3.8) is 0 Å². The summed E-state index contributed by atoms with van der Waals surface area (Å²) in [6, 6.07) is 8.14. The highest BCUT2D eigenvalue weighted by molar-refractivity contribution is 5.64. The van der Waals surface area contributed by atoms with Crippen LogP contribution in [0.25, 0.3) is 0 Å². The minimum Gasteiger partial charge on any atom is -0.497 e. The average Bonchev–Trinajstić information content (AvgIpc) is 2.45. The Morgan fingerprint density at radius 2 is 2.21 bits per heavy atom. The first-order valence-corrected chi connectivity index (χ1v) is 6.65. The monoisotopic (exact) mass is 264 g/mol. The van der Waals surface area contributed by atoms with Crippen LogP contribution in [0.15, 0.2) is 29.3 Å². The molecule has 0 heterocycles. The maximum Gasteiger partial charge on any atom is 0.119 e. The second-order valence-corrected chi connectivity index (χ2v) is 4.36. The molecule has 19 heavy (non-hydrogen) atoms. The van der Waals surface area contributed by atoms with Crippen LogP contribution in [0.5, 0.6) is 5.75 Å². The van der Waals surface area contributed by atoms with E-state index in [-0.39, 0.29) is 6.04 Å². The molecule has 0 aliphatic rings. The fourth-order valence-electron chi connectivity index (χ4n) is 1.72. The zero-order valence-electron chi connectivity index (χ0n) is 12.1. The van der Waals surface area contributed by atoms with Gasteiger partial charge in [0, 0.05) is 13.3 Å². The van der Waals surface area contributed by atoms with E-state index in [2.05, 4.69) is 17.2 Å². The molecule has 0 fully saturated rings. The molecule has 1 atom stereocenters. The zero-order valence-corrected chi connectivity index (χ0v) is 12.1. The predicted molar refractivity (Wildman–Crippen MR) is 79.1 cm³/mol. The van der Waals surface area contributed by atoms with Crippen molar-refractivity contribution in [3.05, 3.63) is 29.8 Å². The summed E-state index contributed by atoms with van der Waals surface area (Å²) in [5.41, 5.74) is 1.14. The molecular formula is C15H24N2O2. The van der Waals surface area contributed by atoms with E-state index in [4.69, 9.17) is 9.47 Å². The number of ether oxygens (including phenoxy) is 2. The van der Waals surface area contributed by atoms with Crippen molar-refractivity contribution in [1.82, 2.24) is 5.32 Å². The molecular weight excluding hydrogens is 240 g/mol. The summed E-state index contributed by atoms with van der Waals surface area (Å²) in [7, 11) is 3.38. The zero-order chi connectivity index (χ0) is 13.9. The Morgan fingerprint density at radius 1 is 1.37 bits per heavy atom. The Morgan fingerprint density at radius 3 is 2.89 bits per heavy atom. The molecule has 0 saturated carbocycles. The van der Waals surface area contributed by atoms with Gasteiger partial charge in [-0.25, -0.2) is 0 Å². The van der Waals surface area contributed by atoms with E-state index in [0.717, 1.165) is 24.3 Å². The molecule has 1 rings (SSSR count). The Labute approximate surface area is 115 Å². The quantitative estimate of drug-likeness (QED) is 0.696. The number of nitrogens with one attached hydrogen (secondary N) is 1. The summed E-state index contributed by atoms with van der Waals surface area (Å²) in [4.78, 5) is 4.47. The molecule has 1 unspecified atom stereocenters. The third-order valence-electron chi connectivity index (χ3n) is 2.70. The highest BCUT2D eigenvalue weighted by Gasteiger charge is 2.02. The van der Waals surface area contributed by atoms with Gasteiger partial charge < -0.3 is 14.8 Å². The van der Waals surface area contributed by atoms with Gasteiger partial charge in [0.2, 0.25) is 0 Å². The van der Waals surface area contributed by atoms with Crippen LogP contribution in [0.4, 0.5) is 0 Å². The molecule has 0 saturated heterocycles. The minimum absolute atomic E-state index is 0.176. The molecule has 1 aromatic carbocycles. The number of hydrogen-bond donors (Lipinski definition) is 1. The van der Waals surface area contributed by atoms with Gasteiger partial charge in [-0.3, -0.25) is 4.99 Å². The smallest absolute Gasteiger partial charge is 0.119 e. The van der Waals surface area contributed by atoms with Gasteiger partial charge in [0.1, 0.15) is 5.75 Å². The molecule has 1 N–H and O–H groups in total. The van der Waals surface area contributed by atoms with Crippen LogP contribution >= 0.6 is 0 Å². The third kappa shape index (κ3) is 6.36. The molecule has 0 aliphatic heterocycles. The molecule has 0 spiro atoms. The van der Waals surface area contributed by atoms with Gasteiger partial charge in [0.25, 0.3) is 0 Å². The van der Waals surface area contributed by atoms with Crippen LogP contribution in [0.3, 0.4) is 0 Å². The number of hydrogen-bond acceptors (Lipinski definition) is 4. The second-order valence-electron chi connectivity index (χ2n) is 4.36. The molecule has 0 bridgehead atoms. The normalized spacial score (nSPS) is 12.8. The second kappa shape index (κ2) is 9.53. The van der Waals surface area contributed by atoms with Gasteiger partial charge in [-0.05, 0) is 30.7 Å². The van der Waals surface area contributed by atoms with Gasteiger partial charge in [-0.1, -0.05) is 19.1 Å². The van der Waals surface area contributed by atoms with E-state index >= 15 is 0 Å². The van der Waals surface area contributed by atoms with Crippen LogP contribution in [-0.2, 0) is 11.3 Å². The summed E-state index contributed by atoms with van der Waals surface area (Å²) in [5.74, 6) is 0.866. The number of nitrogens with zero attached hydrogens (tertiary/aromatic N) is 1. The van der Waals surface area contributed by atoms with Crippen LogP contribution in [0.1, 0.15) is 18.9 Å². The van der Waals surface area contributed by atoms with Crippen molar-refractivity contribution >= 4 is 6.21 Å². The van der Waals surface area contributed by atoms with Crippen molar-refractivity contribution < 1.29 is 9.47 Å². The van der Waals surface area contributed by atoms with E-state index in [1.807, 2.05) is 30.5 Å². The summed E-state index contributed by atoms with van der Waals surface area (Å²) in [5, 5.41) is 3.38. The van der Waals surface area contributed by atoms with Crippen LogP contribution in [-0.4, -0.2) is 39.6 Å². The first-order valence-electron chi connectivity index (χ1n) is 6.65. The molecule has 4 nitrogen and oxygen atoms in total. The van der Waals surface area contributed by atoms with Gasteiger partial charge >= 0.3 is 0 Å². The first-order chi connectivity index (χ1) is 9.30. The summed E-state index contributed by atoms with van der Waals surface area (Å²) < 4.78 is 10.4. The van der Waals surface area contributed by atoms with E-state index in [0.29, 0.717) is 13.2 Å². The van der Waals surface area contributed by atoms with Crippen molar-refractivity contribution in [2.24, 2.45) is 4.99 Å². The lowest BCUT2D eigenvalue weighted by Crippen LogP contribution is -2.35. The standard InChI is InChI=1S/C15H24N2O2/c1-4-8-17-14(12-18-2)11-16-10-13-6-5-7-15(9-13)19-3/h5-7,9,11,14,17H,4,8,10,12H2,1-3H3. The lowest BCUT2D eigenvalue weighted by molar-refractivity contribution is 0.187. The number of benzene rings is 1. The Hall–Kier alpha value is -1.39. The minimum atomic E-state index is 0.176. The molecule has 4 heteroatoms. The van der Waals surface area contributed by atoms with Gasteiger partial charge in [0.05, 0.1) is 26.3 Å².